The molecule has 0 amide bonds. The van der Waals surface area contributed by atoms with Crippen molar-refractivity contribution >= 4 is 7.60 Å². The van der Waals surface area contributed by atoms with Crippen LogP contribution in [0.4, 0.5) is 0 Å². The molecule has 1 aliphatic rings. The summed E-state index contributed by atoms with van der Waals surface area (Å²) in [6, 6.07) is 0. The fourth-order valence-corrected chi connectivity index (χ4v) is 2.05. The highest BCUT2D eigenvalue weighted by atomic mass is 31.2. The van der Waals surface area contributed by atoms with Crippen LogP contribution in [0.5, 0.6) is 0 Å². The third-order valence-electron chi connectivity index (χ3n) is 1.83. The van der Waals surface area contributed by atoms with Crippen molar-refractivity contribution in [2.24, 2.45) is 5.92 Å². The monoisotopic (exact) mass is 210 g/mol. The van der Waals surface area contributed by atoms with Crippen LogP contribution in [-0.4, -0.2) is 34.9 Å². The van der Waals surface area contributed by atoms with E-state index in [1.807, 2.05) is 0 Å². The third kappa shape index (κ3) is 4.20. The molecule has 0 bridgehead atoms. The SMILES string of the molecule is CC1(C)OCC(CP(=O)(O)O)CO1. The molecule has 0 atom stereocenters. The van der Waals surface area contributed by atoms with Gasteiger partial charge in [0.2, 0.25) is 0 Å². The molecule has 0 aliphatic carbocycles. The highest BCUT2D eigenvalue weighted by molar-refractivity contribution is 7.51. The molecule has 1 aliphatic heterocycles. The summed E-state index contributed by atoms with van der Waals surface area (Å²) in [5.74, 6) is -0.820. The van der Waals surface area contributed by atoms with Gasteiger partial charge in [-0.1, -0.05) is 0 Å². The molecule has 0 saturated carbocycles. The van der Waals surface area contributed by atoms with Crippen LogP contribution in [0, 0.1) is 5.92 Å². The van der Waals surface area contributed by atoms with Crippen LogP contribution in [0.2, 0.25) is 0 Å². The first kappa shape index (κ1) is 11.1. The minimum atomic E-state index is -3.94. The molecule has 1 heterocycles. The fraction of sp³-hybridized carbons (Fsp3) is 1.00. The van der Waals surface area contributed by atoms with Crippen LogP contribution in [0.25, 0.3) is 0 Å². The van der Waals surface area contributed by atoms with E-state index in [-0.39, 0.29) is 12.1 Å². The smallest absolute Gasteiger partial charge is 0.326 e. The summed E-state index contributed by atoms with van der Waals surface area (Å²) >= 11 is 0. The molecular weight excluding hydrogens is 195 g/mol. The molecule has 0 aromatic heterocycles. The lowest BCUT2D eigenvalue weighted by Crippen LogP contribution is -2.40. The zero-order chi connectivity index (χ0) is 10.1. The molecule has 0 unspecified atom stereocenters. The average Bonchev–Trinajstić information content (AvgIpc) is 1.91. The maximum atomic E-state index is 10.6. The molecule has 6 heteroatoms. The quantitative estimate of drug-likeness (QED) is 0.651. The van der Waals surface area contributed by atoms with Crippen molar-refractivity contribution in [3.05, 3.63) is 0 Å². The fourth-order valence-electron chi connectivity index (χ4n) is 1.17. The molecule has 1 fully saturated rings. The molecule has 0 aromatic carbocycles. The van der Waals surface area contributed by atoms with Gasteiger partial charge in [-0.15, -0.1) is 0 Å². The minimum absolute atomic E-state index is 0.164. The molecule has 2 N–H and O–H groups in total. The Morgan fingerprint density at radius 3 is 2.23 bits per heavy atom. The van der Waals surface area contributed by atoms with Crippen molar-refractivity contribution in [1.82, 2.24) is 0 Å². The van der Waals surface area contributed by atoms with Crippen LogP contribution in [0.15, 0.2) is 0 Å². The van der Waals surface area contributed by atoms with E-state index in [4.69, 9.17) is 19.3 Å². The van der Waals surface area contributed by atoms with Crippen LogP contribution >= 0.6 is 7.60 Å². The summed E-state index contributed by atoms with van der Waals surface area (Å²) in [4.78, 5) is 17.4. The van der Waals surface area contributed by atoms with E-state index >= 15 is 0 Å². The second-order valence-corrected chi connectivity index (χ2v) is 5.43. The molecule has 0 aromatic rings. The number of rotatable bonds is 2. The highest BCUT2D eigenvalue weighted by Gasteiger charge is 2.31. The second-order valence-electron chi connectivity index (χ2n) is 3.74. The molecule has 1 rings (SSSR count). The number of ether oxygens (including phenoxy) is 2. The lowest BCUT2D eigenvalue weighted by Gasteiger charge is -2.34. The Labute approximate surface area is 77.2 Å². The van der Waals surface area contributed by atoms with Gasteiger partial charge in [-0.2, -0.15) is 0 Å². The van der Waals surface area contributed by atoms with Crippen molar-refractivity contribution < 1.29 is 23.8 Å². The van der Waals surface area contributed by atoms with E-state index in [2.05, 4.69) is 0 Å². The summed E-state index contributed by atoms with van der Waals surface area (Å²) in [5.41, 5.74) is 0. The summed E-state index contributed by atoms with van der Waals surface area (Å²) < 4.78 is 21.2. The van der Waals surface area contributed by atoms with Gasteiger partial charge in [0.15, 0.2) is 5.79 Å². The summed E-state index contributed by atoms with van der Waals surface area (Å²) in [6.07, 6.45) is -0.164. The van der Waals surface area contributed by atoms with Gasteiger partial charge in [0.25, 0.3) is 0 Å². The van der Waals surface area contributed by atoms with Gasteiger partial charge < -0.3 is 19.3 Å². The first-order chi connectivity index (χ1) is 5.79. The summed E-state index contributed by atoms with van der Waals surface area (Å²) in [5, 5.41) is 0. The van der Waals surface area contributed by atoms with E-state index in [0.29, 0.717) is 13.2 Å². The zero-order valence-corrected chi connectivity index (χ0v) is 8.66. The topological polar surface area (TPSA) is 76.0 Å². The van der Waals surface area contributed by atoms with Crippen molar-refractivity contribution in [2.45, 2.75) is 19.6 Å². The first-order valence-corrected chi connectivity index (χ1v) is 5.91. The predicted molar refractivity (Wildman–Crippen MR) is 46.4 cm³/mol. The van der Waals surface area contributed by atoms with E-state index in [9.17, 15) is 4.57 Å². The Kier molecular flexibility index (Phi) is 3.15. The summed E-state index contributed by atoms with van der Waals surface area (Å²) in [6.45, 7) is 4.25. The Morgan fingerprint density at radius 1 is 1.38 bits per heavy atom. The van der Waals surface area contributed by atoms with Crippen molar-refractivity contribution in [2.75, 3.05) is 19.4 Å². The molecule has 0 radical (unpaired) electrons. The largest absolute Gasteiger partial charge is 0.350 e. The lowest BCUT2D eigenvalue weighted by molar-refractivity contribution is -0.259. The second kappa shape index (κ2) is 3.67. The van der Waals surface area contributed by atoms with Gasteiger partial charge in [-0.05, 0) is 13.8 Å². The Bertz CT molecular complexity index is 211. The van der Waals surface area contributed by atoms with Crippen LogP contribution < -0.4 is 0 Å². The van der Waals surface area contributed by atoms with Crippen molar-refractivity contribution in [3.63, 3.8) is 0 Å². The molecule has 13 heavy (non-hydrogen) atoms. The number of hydrogen-bond acceptors (Lipinski definition) is 3. The van der Waals surface area contributed by atoms with E-state index < -0.39 is 13.4 Å². The summed E-state index contributed by atoms with van der Waals surface area (Å²) in [7, 11) is -3.94. The minimum Gasteiger partial charge on any atom is -0.350 e. The molecule has 5 nitrogen and oxygen atoms in total. The molecule has 1 saturated heterocycles. The van der Waals surface area contributed by atoms with Gasteiger partial charge in [-0.3, -0.25) is 4.57 Å². The van der Waals surface area contributed by atoms with E-state index in [1.165, 1.54) is 0 Å². The van der Waals surface area contributed by atoms with Crippen molar-refractivity contribution in [1.29, 1.82) is 0 Å². The molecule has 0 spiro atoms. The third-order valence-corrected chi connectivity index (χ3v) is 2.82. The highest BCUT2D eigenvalue weighted by Crippen LogP contribution is 2.38. The van der Waals surface area contributed by atoms with E-state index in [0.717, 1.165) is 0 Å². The van der Waals surface area contributed by atoms with Crippen LogP contribution in [0.3, 0.4) is 0 Å². The lowest BCUT2D eigenvalue weighted by atomic mass is 10.2. The standard InChI is InChI=1S/C7H15O5P/c1-7(2)11-3-6(4-12-7)5-13(8,9)10/h6H,3-5H2,1-2H3,(H2,8,9,10). The zero-order valence-electron chi connectivity index (χ0n) is 7.77. The number of hydrogen-bond donors (Lipinski definition) is 2. The molecule has 78 valence electrons. The average molecular weight is 210 g/mol. The predicted octanol–water partition coefficient (Wildman–Crippen LogP) is 0.563. The van der Waals surface area contributed by atoms with Gasteiger partial charge >= 0.3 is 7.60 Å². The maximum absolute atomic E-state index is 10.6. The first-order valence-electron chi connectivity index (χ1n) is 4.11. The van der Waals surface area contributed by atoms with E-state index in [1.54, 1.807) is 13.8 Å². The Balaban J connectivity index is 2.38. The van der Waals surface area contributed by atoms with Gasteiger partial charge in [0.1, 0.15) is 0 Å². The van der Waals surface area contributed by atoms with Crippen molar-refractivity contribution in [3.8, 4) is 0 Å². The van der Waals surface area contributed by atoms with Gasteiger partial charge in [-0.25, -0.2) is 0 Å². The van der Waals surface area contributed by atoms with Gasteiger partial charge in [0, 0.05) is 5.92 Å². The maximum Gasteiger partial charge on any atom is 0.326 e. The normalized spacial score (nSPS) is 24.6. The van der Waals surface area contributed by atoms with Gasteiger partial charge in [0.05, 0.1) is 19.4 Å². The Morgan fingerprint density at radius 2 is 1.85 bits per heavy atom. The van der Waals surface area contributed by atoms with Crippen LogP contribution in [0.1, 0.15) is 13.8 Å². The molecular formula is C7H15O5P. The van der Waals surface area contributed by atoms with Crippen LogP contribution in [-0.2, 0) is 14.0 Å². The Hall–Kier alpha value is 0.0700.